The van der Waals surface area contributed by atoms with Crippen molar-refractivity contribution in [2.24, 2.45) is 0 Å². The summed E-state index contributed by atoms with van der Waals surface area (Å²) in [5.41, 5.74) is 3.60. The molecule has 4 aromatic rings. The number of benzene rings is 1. The van der Waals surface area contributed by atoms with Crippen molar-refractivity contribution in [3.63, 3.8) is 0 Å². The van der Waals surface area contributed by atoms with Gasteiger partial charge in [0.25, 0.3) is 0 Å². The molecule has 1 aromatic carbocycles. The molecule has 3 heterocycles. The Bertz CT molecular complexity index is 1270. The van der Waals surface area contributed by atoms with Crippen LogP contribution in [0.4, 0.5) is 0 Å². The van der Waals surface area contributed by atoms with Gasteiger partial charge < -0.3 is 13.7 Å². The summed E-state index contributed by atoms with van der Waals surface area (Å²) in [6, 6.07) is 13.4. The van der Waals surface area contributed by atoms with Crippen molar-refractivity contribution in [3.05, 3.63) is 84.1 Å². The zero-order valence-electron chi connectivity index (χ0n) is 18.9. The highest BCUT2D eigenvalue weighted by molar-refractivity contribution is 7.99. The normalized spacial score (nSPS) is 11.0. The van der Waals surface area contributed by atoms with Gasteiger partial charge in [0.05, 0.1) is 25.7 Å². The van der Waals surface area contributed by atoms with E-state index < -0.39 is 0 Å². The lowest BCUT2D eigenvalue weighted by Crippen LogP contribution is -2.08. The summed E-state index contributed by atoms with van der Waals surface area (Å²) in [4.78, 5) is 13.0. The van der Waals surface area contributed by atoms with Gasteiger partial charge in [-0.15, -0.1) is 16.8 Å². The smallest absolute Gasteiger partial charge is 0.192 e. The van der Waals surface area contributed by atoms with Crippen LogP contribution in [0.5, 0.6) is 5.75 Å². The lowest BCUT2D eigenvalue weighted by atomic mass is 10.2. The Morgan fingerprint density at radius 1 is 1.18 bits per heavy atom. The number of ketones is 1. The molecule has 0 bridgehead atoms. The van der Waals surface area contributed by atoms with Crippen LogP contribution in [0.3, 0.4) is 0 Å². The predicted molar refractivity (Wildman–Crippen MR) is 129 cm³/mol. The molecule has 0 unspecified atom stereocenters. The molecule has 7 nitrogen and oxygen atoms in total. The van der Waals surface area contributed by atoms with Crippen LogP contribution in [0.2, 0.25) is 0 Å². The fourth-order valence-corrected chi connectivity index (χ4v) is 4.59. The van der Waals surface area contributed by atoms with Crippen LogP contribution in [-0.2, 0) is 13.1 Å². The predicted octanol–water partition coefficient (Wildman–Crippen LogP) is 5.17. The number of carbonyl (C=O) groups is 1. The van der Waals surface area contributed by atoms with Crippen molar-refractivity contribution in [2.45, 2.75) is 32.1 Å². The number of methoxy groups -OCH3 is 1. The Labute approximate surface area is 197 Å². The molecule has 0 aliphatic rings. The molecule has 0 saturated heterocycles. The number of rotatable bonds is 10. The van der Waals surface area contributed by atoms with E-state index in [2.05, 4.69) is 21.3 Å². The molecule has 3 aromatic heterocycles. The molecule has 33 heavy (non-hydrogen) atoms. The Balaban J connectivity index is 1.61. The van der Waals surface area contributed by atoms with Crippen molar-refractivity contribution in [2.75, 3.05) is 12.9 Å². The van der Waals surface area contributed by atoms with Crippen molar-refractivity contribution in [1.29, 1.82) is 0 Å². The van der Waals surface area contributed by atoms with Gasteiger partial charge in [-0.25, -0.2) is 0 Å². The molecule has 0 amide bonds. The van der Waals surface area contributed by atoms with Gasteiger partial charge in [0, 0.05) is 29.1 Å². The molecule has 0 saturated carbocycles. The average Bonchev–Trinajstić information content (AvgIpc) is 3.55. The summed E-state index contributed by atoms with van der Waals surface area (Å²) in [6.45, 7) is 8.91. The van der Waals surface area contributed by atoms with Crippen LogP contribution < -0.4 is 4.74 Å². The molecule has 0 radical (unpaired) electrons. The minimum atomic E-state index is 0.0545. The van der Waals surface area contributed by atoms with E-state index in [1.807, 2.05) is 67.0 Å². The lowest BCUT2D eigenvalue weighted by Gasteiger charge is -2.10. The fraction of sp³-hybridized carbons (Fsp3) is 0.240. The van der Waals surface area contributed by atoms with E-state index in [-0.39, 0.29) is 11.5 Å². The molecule has 170 valence electrons. The number of Topliss-reactive ketones (excluding diaryl/α,β-unsaturated/α-hetero) is 1. The minimum Gasteiger partial charge on any atom is -0.497 e. The quantitative estimate of drug-likeness (QED) is 0.184. The highest BCUT2D eigenvalue weighted by Crippen LogP contribution is 2.28. The average molecular weight is 463 g/mol. The van der Waals surface area contributed by atoms with Gasteiger partial charge >= 0.3 is 0 Å². The van der Waals surface area contributed by atoms with E-state index in [9.17, 15) is 4.79 Å². The third-order valence-electron chi connectivity index (χ3n) is 5.46. The van der Waals surface area contributed by atoms with Crippen LogP contribution in [0.25, 0.3) is 11.4 Å². The molecular weight excluding hydrogens is 436 g/mol. The minimum absolute atomic E-state index is 0.0545. The Morgan fingerprint density at radius 3 is 2.76 bits per heavy atom. The van der Waals surface area contributed by atoms with Gasteiger partial charge in [-0.05, 0) is 44.2 Å². The second kappa shape index (κ2) is 9.95. The van der Waals surface area contributed by atoms with Gasteiger partial charge in [0.15, 0.2) is 16.8 Å². The zero-order chi connectivity index (χ0) is 23.4. The number of hydrogen-bond donors (Lipinski definition) is 0. The van der Waals surface area contributed by atoms with Gasteiger partial charge in [0.1, 0.15) is 11.5 Å². The van der Waals surface area contributed by atoms with Crippen LogP contribution in [0, 0.1) is 13.8 Å². The summed E-state index contributed by atoms with van der Waals surface area (Å²) >= 11 is 1.37. The van der Waals surface area contributed by atoms with E-state index in [1.54, 1.807) is 13.4 Å². The largest absolute Gasteiger partial charge is 0.497 e. The summed E-state index contributed by atoms with van der Waals surface area (Å²) in [5.74, 6) is 2.51. The summed E-state index contributed by atoms with van der Waals surface area (Å²) in [7, 11) is 1.63. The fourth-order valence-electron chi connectivity index (χ4n) is 3.77. The van der Waals surface area contributed by atoms with Crippen molar-refractivity contribution < 1.29 is 13.9 Å². The topological polar surface area (TPSA) is 75.1 Å². The highest BCUT2D eigenvalue weighted by atomic mass is 32.2. The second-order valence-electron chi connectivity index (χ2n) is 7.60. The van der Waals surface area contributed by atoms with Crippen LogP contribution in [0.15, 0.2) is 71.0 Å². The van der Waals surface area contributed by atoms with Crippen molar-refractivity contribution in [3.8, 4) is 17.1 Å². The molecule has 0 spiro atoms. The molecule has 0 fully saturated rings. The molecule has 4 rings (SSSR count). The van der Waals surface area contributed by atoms with Crippen LogP contribution in [0.1, 0.15) is 27.5 Å². The second-order valence-corrected chi connectivity index (χ2v) is 8.54. The number of hydrogen-bond acceptors (Lipinski definition) is 6. The lowest BCUT2D eigenvalue weighted by molar-refractivity contribution is 0.102. The number of thioether (sulfide) groups is 1. The number of carbonyl (C=O) groups excluding carboxylic acids is 1. The number of nitrogens with zero attached hydrogens (tertiary/aromatic N) is 4. The molecule has 8 heteroatoms. The maximum Gasteiger partial charge on any atom is 0.192 e. The first kappa shape index (κ1) is 22.7. The number of allylic oxidation sites excluding steroid dienone is 1. The van der Waals surface area contributed by atoms with Crippen molar-refractivity contribution in [1.82, 2.24) is 19.3 Å². The van der Waals surface area contributed by atoms with E-state index in [4.69, 9.17) is 9.15 Å². The number of ether oxygens (including phenoxy) is 1. The maximum absolute atomic E-state index is 13.0. The van der Waals surface area contributed by atoms with Gasteiger partial charge in [-0.2, -0.15) is 0 Å². The standard InChI is InChI=1S/C25H26N4O3S/c1-5-11-28-17(2)13-22(18(28)3)23(30)16-33-25-27-26-24(19-8-6-9-20(14-19)31-4)29(25)15-21-10-7-12-32-21/h5-10,12-14H,1,11,15-16H2,2-4H3. The zero-order valence-corrected chi connectivity index (χ0v) is 19.8. The molecule has 0 aliphatic carbocycles. The Morgan fingerprint density at radius 2 is 2.03 bits per heavy atom. The first-order chi connectivity index (χ1) is 16.0. The summed E-state index contributed by atoms with van der Waals surface area (Å²) in [5, 5.41) is 9.46. The van der Waals surface area contributed by atoms with Gasteiger partial charge in [-0.3, -0.25) is 9.36 Å². The highest BCUT2D eigenvalue weighted by Gasteiger charge is 2.20. The first-order valence-corrected chi connectivity index (χ1v) is 11.5. The number of aryl methyl sites for hydroxylation is 1. The number of furan rings is 1. The van der Waals surface area contributed by atoms with Crippen LogP contribution in [-0.4, -0.2) is 38.0 Å². The Kier molecular flexibility index (Phi) is 6.84. The summed E-state index contributed by atoms with van der Waals surface area (Å²) < 4.78 is 15.0. The maximum atomic E-state index is 13.0. The molecule has 0 N–H and O–H groups in total. The molecule has 0 aliphatic heterocycles. The van der Waals surface area contributed by atoms with Gasteiger partial charge in [-0.1, -0.05) is 30.0 Å². The first-order valence-electron chi connectivity index (χ1n) is 10.6. The van der Waals surface area contributed by atoms with E-state index in [0.29, 0.717) is 24.1 Å². The van der Waals surface area contributed by atoms with Gasteiger partial charge in [0.2, 0.25) is 0 Å². The van der Waals surface area contributed by atoms with E-state index >= 15 is 0 Å². The SMILES string of the molecule is C=CCn1c(C)cc(C(=O)CSc2nnc(-c3cccc(OC)c3)n2Cc2ccco2)c1C. The molecular formula is C25H26N4O3S. The Hall–Kier alpha value is -3.52. The monoisotopic (exact) mass is 462 g/mol. The summed E-state index contributed by atoms with van der Waals surface area (Å²) in [6.07, 6.45) is 3.47. The van der Waals surface area contributed by atoms with Crippen molar-refractivity contribution >= 4 is 17.5 Å². The van der Waals surface area contributed by atoms with E-state index in [0.717, 1.165) is 34.0 Å². The number of aromatic nitrogens is 4. The third-order valence-corrected chi connectivity index (χ3v) is 6.42. The van der Waals surface area contributed by atoms with E-state index in [1.165, 1.54) is 11.8 Å². The van der Waals surface area contributed by atoms with Crippen LogP contribution >= 0.6 is 11.8 Å². The third kappa shape index (κ3) is 4.80. The molecule has 0 atom stereocenters.